The van der Waals surface area contributed by atoms with Gasteiger partial charge in [0.2, 0.25) is 0 Å². The standard InChI is InChI=1S/C14H23ClN2/c1-11(2)12(3)16-9-6-10-17-14-8-5-4-7-13(14)15/h4-5,7-8,11-12,16-17H,6,9-10H2,1-3H3. The maximum absolute atomic E-state index is 6.05. The highest BCUT2D eigenvalue weighted by molar-refractivity contribution is 6.33. The van der Waals surface area contributed by atoms with E-state index in [1.54, 1.807) is 0 Å². The van der Waals surface area contributed by atoms with Crippen molar-refractivity contribution in [3.63, 3.8) is 0 Å². The van der Waals surface area contributed by atoms with Crippen molar-refractivity contribution < 1.29 is 0 Å². The highest BCUT2D eigenvalue weighted by atomic mass is 35.5. The summed E-state index contributed by atoms with van der Waals surface area (Å²) in [5, 5.41) is 7.64. The number of benzene rings is 1. The normalized spacial score (nSPS) is 12.8. The van der Waals surface area contributed by atoms with Crippen molar-refractivity contribution in [1.29, 1.82) is 0 Å². The molecule has 0 amide bonds. The quantitative estimate of drug-likeness (QED) is 0.724. The largest absolute Gasteiger partial charge is 0.384 e. The molecule has 0 bridgehead atoms. The maximum Gasteiger partial charge on any atom is 0.0637 e. The van der Waals surface area contributed by atoms with Crippen LogP contribution in [0.15, 0.2) is 24.3 Å². The second-order valence-electron chi connectivity index (χ2n) is 4.75. The van der Waals surface area contributed by atoms with Gasteiger partial charge in [-0.05, 0) is 37.9 Å². The Morgan fingerprint density at radius 3 is 2.47 bits per heavy atom. The first kappa shape index (κ1) is 14.3. The minimum atomic E-state index is 0.579. The van der Waals surface area contributed by atoms with Crippen molar-refractivity contribution >= 4 is 17.3 Å². The molecule has 17 heavy (non-hydrogen) atoms. The third-order valence-electron chi connectivity index (χ3n) is 3.01. The van der Waals surface area contributed by atoms with Gasteiger partial charge in [0.25, 0.3) is 0 Å². The molecule has 1 aromatic rings. The van der Waals surface area contributed by atoms with E-state index >= 15 is 0 Å². The summed E-state index contributed by atoms with van der Waals surface area (Å²) in [6, 6.07) is 8.43. The summed E-state index contributed by atoms with van der Waals surface area (Å²) in [5.41, 5.74) is 1.02. The lowest BCUT2D eigenvalue weighted by Crippen LogP contribution is -2.32. The first-order chi connectivity index (χ1) is 8.11. The zero-order valence-corrected chi connectivity index (χ0v) is 11.7. The van der Waals surface area contributed by atoms with E-state index in [1.807, 2.05) is 24.3 Å². The minimum absolute atomic E-state index is 0.579. The zero-order valence-electron chi connectivity index (χ0n) is 11.0. The van der Waals surface area contributed by atoms with Crippen LogP contribution in [0.3, 0.4) is 0 Å². The summed E-state index contributed by atoms with van der Waals surface area (Å²) in [5.74, 6) is 0.687. The van der Waals surface area contributed by atoms with E-state index < -0.39 is 0 Å². The molecule has 0 heterocycles. The Morgan fingerprint density at radius 1 is 1.12 bits per heavy atom. The zero-order chi connectivity index (χ0) is 12.7. The van der Waals surface area contributed by atoms with Gasteiger partial charge in [0.15, 0.2) is 0 Å². The third-order valence-corrected chi connectivity index (χ3v) is 3.34. The van der Waals surface area contributed by atoms with Crippen molar-refractivity contribution in [3.05, 3.63) is 29.3 Å². The summed E-state index contributed by atoms with van der Waals surface area (Å²) in [6.07, 6.45) is 1.10. The first-order valence-electron chi connectivity index (χ1n) is 6.33. The molecule has 1 aromatic carbocycles. The Morgan fingerprint density at radius 2 is 1.82 bits per heavy atom. The van der Waals surface area contributed by atoms with Gasteiger partial charge in [-0.1, -0.05) is 37.6 Å². The lowest BCUT2D eigenvalue weighted by molar-refractivity contribution is 0.426. The Hall–Kier alpha value is -0.730. The summed E-state index contributed by atoms with van der Waals surface area (Å²) >= 11 is 6.05. The SMILES string of the molecule is CC(C)C(C)NCCCNc1ccccc1Cl. The fourth-order valence-corrected chi connectivity index (χ4v) is 1.68. The van der Waals surface area contributed by atoms with Gasteiger partial charge in [0, 0.05) is 12.6 Å². The monoisotopic (exact) mass is 254 g/mol. The van der Waals surface area contributed by atoms with E-state index in [0.29, 0.717) is 12.0 Å². The van der Waals surface area contributed by atoms with E-state index in [2.05, 4.69) is 31.4 Å². The summed E-state index contributed by atoms with van der Waals surface area (Å²) in [6.45, 7) is 8.68. The number of rotatable bonds is 7. The van der Waals surface area contributed by atoms with Crippen LogP contribution in [-0.4, -0.2) is 19.1 Å². The van der Waals surface area contributed by atoms with Crippen molar-refractivity contribution in [1.82, 2.24) is 5.32 Å². The van der Waals surface area contributed by atoms with Gasteiger partial charge in [-0.25, -0.2) is 0 Å². The fourth-order valence-electron chi connectivity index (χ4n) is 1.48. The number of hydrogen-bond donors (Lipinski definition) is 2. The molecule has 3 heteroatoms. The van der Waals surface area contributed by atoms with Crippen LogP contribution in [0.1, 0.15) is 27.2 Å². The lowest BCUT2D eigenvalue weighted by Gasteiger charge is -2.17. The lowest BCUT2D eigenvalue weighted by atomic mass is 10.1. The molecule has 0 saturated heterocycles. The topological polar surface area (TPSA) is 24.1 Å². The first-order valence-corrected chi connectivity index (χ1v) is 6.71. The molecule has 0 spiro atoms. The van der Waals surface area contributed by atoms with Gasteiger partial charge < -0.3 is 10.6 Å². The summed E-state index contributed by atoms with van der Waals surface area (Å²) < 4.78 is 0. The maximum atomic E-state index is 6.05. The Kier molecular flexibility index (Phi) is 6.38. The van der Waals surface area contributed by atoms with E-state index in [0.717, 1.165) is 30.2 Å². The van der Waals surface area contributed by atoms with Crippen LogP contribution in [0.25, 0.3) is 0 Å². The number of para-hydroxylation sites is 1. The molecule has 2 nitrogen and oxygen atoms in total. The average molecular weight is 255 g/mol. The number of anilines is 1. The molecule has 0 aliphatic rings. The van der Waals surface area contributed by atoms with Gasteiger partial charge >= 0.3 is 0 Å². The van der Waals surface area contributed by atoms with Gasteiger partial charge in [0.1, 0.15) is 0 Å². The highest BCUT2D eigenvalue weighted by Crippen LogP contribution is 2.19. The van der Waals surface area contributed by atoms with Crippen molar-refractivity contribution in [3.8, 4) is 0 Å². The molecule has 1 rings (SSSR count). The molecule has 96 valence electrons. The van der Waals surface area contributed by atoms with Crippen LogP contribution < -0.4 is 10.6 Å². The van der Waals surface area contributed by atoms with E-state index in [-0.39, 0.29) is 0 Å². The van der Waals surface area contributed by atoms with Crippen molar-refractivity contribution in [2.24, 2.45) is 5.92 Å². The van der Waals surface area contributed by atoms with Gasteiger partial charge in [0.05, 0.1) is 10.7 Å². The van der Waals surface area contributed by atoms with E-state index in [4.69, 9.17) is 11.6 Å². The van der Waals surface area contributed by atoms with Crippen LogP contribution in [0.2, 0.25) is 5.02 Å². The van der Waals surface area contributed by atoms with Crippen LogP contribution in [0.5, 0.6) is 0 Å². The van der Waals surface area contributed by atoms with Crippen LogP contribution >= 0.6 is 11.6 Å². The molecule has 0 aliphatic carbocycles. The molecular formula is C14H23ClN2. The van der Waals surface area contributed by atoms with Crippen LogP contribution in [0.4, 0.5) is 5.69 Å². The molecule has 1 unspecified atom stereocenters. The predicted molar refractivity (Wildman–Crippen MR) is 76.9 cm³/mol. The van der Waals surface area contributed by atoms with Crippen molar-refractivity contribution in [2.75, 3.05) is 18.4 Å². The van der Waals surface area contributed by atoms with Gasteiger partial charge in [-0.3, -0.25) is 0 Å². The smallest absolute Gasteiger partial charge is 0.0637 e. The summed E-state index contributed by atoms with van der Waals surface area (Å²) in [7, 11) is 0. The molecular weight excluding hydrogens is 232 g/mol. The number of hydrogen-bond acceptors (Lipinski definition) is 2. The Balaban J connectivity index is 2.15. The molecule has 0 aliphatic heterocycles. The van der Waals surface area contributed by atoms with Crippen molar-refractivity contribution in [2.45, 2.75) is 33.2 Å². The predicted octanol–water partition coefficient (Wildman–Crippen LogP) is 3.78. The van der Waals surface area contributed by atoms with E-state index in [1.165, 1.54) is 0 Å². The van der Waals surface area contributed by atoms with E-state index in [9.17, 15) is 0 Å². The molecule has 1 atom stereocenters. The average Bonchev–Trinajstić information content (AvgIpc) is 2.30. The second kappa shape index (κ2) is 7.57. The summed E-state index contributed by atoms with van der Waals surface area (Å²) in [4.78, 5) is 0. The molecule has 0 radical (unpaired) electrons. The Labute approximate surface area is 110 Å². The van der Waals surface area contributed by atoms with Crippen LogP contribution in [-0.2, 0) is 0 Å². The third kappa shape index (κ3) is 5.42. The molecule has 0 aromatic heterocycles. The fraction of sp³-hybridized carbons (Fsp3) is 0.571. The van der Waals surface area contributed by atoms with Crippen LogP contribution in [0, 0.1) is 5.92 Å². The number of halogens is 1. The highest BCUT2D eigenvalue weighted by Gasteiger charge is 2.04. The van der Waals surface area contributed by atoms with Gasteiger partial charge in [-0.2, -0.15) is 0 Å². The molecule has 0 fully saturated rings. The molecule has 0 saturated carbocycles. The Bertz CT molecular complexity index is 326. The molecule has 2 N–H and O–H groups in total. The minimum Gasteiger partial charge on any atom is -0.384 e. The second-order valence-corrected chi connectivity index (χ2v) is 5.15. The van der Waals surface area contributed by atoms with Gasteiger partial charge in [-0.15, -0.1) is 0 Å². The number of nitrogens with one attached hydrogen (secondary N) is 2.